The van der Waals surface area contributed by atoms with Gasteiger partial charge in [0.25, 0.3) is 0 Å². The third-order valence-electron chi connectivity index (χ3n) is 2.09. The molecule has 0 saturated carbocycles. The van der Waals surface area contributed by atoms with Crippen LogP contribution in [0.25, 0.3) is 0 Å². The summed E-state index contributed by atoms with van der Waals surface area (Å²) in [6.07, 6.45) is 0.413. The first-order valence-electron chi connectivity index (χ1n) is 4.96. The van der Waals surface area contributed by atoms with Gasteiger partial charge in [-0.25, -0.2) is 8.78 Å². The largest absolute Gasteiger partial charge is 0.468 e. The standard InChI is InChI=1S/C11H13F2NO2S/c1-16-11(15)10(14)4-5-17-7-2-3-8(12)9(13)6-7/h2-3,6,10H,4-5,14H2,1H3. The van der Waals surface area contributed by atoms with Gasteiger partial charge in [0.15, 0.2) is 11.6 Å². The molecule has 1 aromatic rings. The number of benzene rings is 1. The van der Waals surface area contributed by atoms with Crippen LogP contribution in [0, 0.1) is 11.6 Å². The summed E-state index contributed by atoms with van der Waals surface area (Å²) in [7, 11) is 1.27. The van der Waals surface area contributed by atoms with E-state index in [2.05, 4.69) is 4.74 Å². The Bertz CT molecular complexity index is 401. The lowest BCUT2D eigenvalue weighted by atomic mass is 10.2. The van der Waals surface area contributed by atoms with Crippen LogP contribution in [0.2, 0.25) is 0 Å². The maximum Gasteiger partial charge on any atom is 0.322 e. The average molecular weight is 261 g/mol. The Hall–Kier alpha value is -1.14. The minimum absolute atomic E-state index is 0.413. The number of ether oxygens (including phenoxy) is 1. The van der Waals surface area contributed by atoms with E-state index in [1.54, 1.807) is 0 Å². The van der Waals surface area contributed by atoms with E-state index < -0.39 is 23.6 Å². The van der Waals surface area contributed by atoms with Crippen LogP contribution in [0.15, 0.2) is 23.1 Å². The molecular weight excluding hydrogens is 248 g/mol. The van der Waals surface area contributed by atoms with Gasteiger partial charge in [-0.1, -0.05) is 0 Å². The Balaban J connectivity index is 2.40. The Labute approximate surface area is 102 Å². The fourth-order valence-corrected chi connectivity index (χ4v) is 2.10. The number of hydrogen-bond acceptors (Lipinski definition) is 4. The topological polar surface area (TPSA) is 52.3 Å². The van der Waals surface area contributed by atoms with E-state index in [4.69, 9.17) is 5.73 Å². The summed E-state index contributed by atoms with van der Waals surface area (Å²) in [6, 6.07) is 2.98. The number of rotatable bonds is 5. The predicted octanol–water partition coefficient (Wildman–Crippen LogP) is 1.95. The van der Waals surface area contributed by atoms with E-state index in [1.165, 1.54) is 24.9 Å². The minimum Gasteiger partial charge on any atom is -0.468 e. The number of carbonyl (C=O) groups excluding carboxylic acids is 1. The molecule has 94 valence electrons. The van der Waals surface area contributed by atoms with E-state index in [1.807, 2.05) is 0 Å². The highest BCUT2D eigenvalue weighted by atomic mass is 32.2. The summed E-state index contributed by atoms with van der Waals surface area (Å²) in [6.45, 7) is 0. The van der Waals surface area contributed by atoms with E-state index in [-0.39, 0.29) is 0 Å². The van der Waals surface area contributed by atoms with Crippen molar-refractivity contribution in [3.8, 4) is 0 Å². The molecule has 0 aromatic heterocycles. The highest BCUT2D eigenvalue weighted by Gasteiger charge is 2.13. The molecule has 0 spiro atoms. The first-order valence-corrected chi connectivity index (χ1v) is 5.94. The second kappa shape index (κ2) is 6.56. The van der Waals surface area contributed by atoms with Crippen LogP contribution in [-0.4, -0.2) is 24.9 Å². The first kappa shape index (κ1) is 13.9. The van der Waals surface area contributed by atoms with Crippen molar-refractivity contribution in [3.63, 3.8) is 0 Å². The normalized spacial score (nSPS) is 12.2. The molecule has 17 heavy (non-hydrogen) atoms. The van der Waals surface area contributed by atoms with Crippen LogP contribution in [0.1, 0.15) is 6.42 Å². The molecule has 0 aliphatic carbocycles. The molecule has 0 fully saturated rings. The van der Waals surface area contributed by atoms with Gasteiger partial charge in [-0.2, -0.15) is 0 Å². The van der Waals surface area contributed by atoms with Crippen molar-refractivity contribution in [1.29, 1.82) is 0 Å². The van der Waals surface area contributed by atoms with Crippen molar-refractivity contribution in [1.82, 2.24) is 0 Å². The van der Waals surface area contributed by atoms with Gasteiger partial charge >= 0.3 is 5.97 Å². The number of esters is 1. The molecule has 1 aromatic carbocycles. The number of carbonyl (C=O) groups is 1. The lowest BCUT2D eigenvalue weighted by molar-refractivity contribution is -0.142. The van der Waals surface area contributed by atoms with E-state index >= 15 is 0 Å². The Morgan fingerprint density at radius 3 is 2.76 bits per heavy atom. The molecule has 3 nitrogen and oxygen atoms in total. The van der Waals surface area contributed by atoms with Crippen LogP contribution in [0.5, 0.6) is 0 Å². The number of hydrogen-bond donors (Lipinski definition) is 1. The van der Waals surface area contributed by atoms with E-state index in [9.17, 15) is 13.6 Å². The second-order valence-corrected chi connectivity index (χ2v) is 4.51. The summed E-state index contributed by atoms with van der Waals surface area (Å²) in [5.74, 6) is -1.70. The van der Waals surface area contributed by atoms with Gasteiger partial charge in [0.2, 0.25) is 0 Å². The molecule has 0 saturated heterocycles. The maximum atomic E-state index is 12.9. The summed E-state index contributed by atoms with van der Waals surface area (Å²) < 4.78 is 30.0. The van der Waals surface area contributed by atoms with E-state index in [0.29, 0.717) is 17.1 Å². The smallest absolute Gasteiger partial charge is 0.322 e. The van der Waals surface area contributed by atoms with Gasteiger partial charge in [-0.3, -0.25) is 4.79 Å². The van der Waals surface area contributed by atoms with Crippen LogP contribution < -0.4 is 5.73 Å². The Kier molecular flexibility index (Phi) is 5.37. The fourth-order valence-electron chi connectivity index (χ4n) is 1.14. The van der Waals surface area contributed by atoms with Gasteiger partial charge in [-0.15, -0.1) is 11.8 Å². The van der Waals surface area contributed by atoms with Crippen molar-refractivity contribution >= 4 is 17.7 Å². The summed E-state index contributed by atoms with van der Waals surface area (Å²) in [5, 5.41) is 0. The lowest BCUT2D eigenvalue weighted by Crippen LogP contribution is -2.31. The summed E-state index contributed by atoms with van der Waals surface area (Å²) >= 11 is 1.31. The third-order valence-corrected chi connectivity index (χ3v) is 3.12. The second-order valence-electron chi connectivity index (χ2n) is 3.34. The highest BCUT2D eigenvalue weighted by molar-refractivity contribution is 7.99. The third kappa shape index (κ3) is 4.32. The molecule has 0 aliphatic rings. The Morgan fingerprint density at radius 2 is 2.18 bits per heavy atom. The molecule has 0 amide bonds. The molecule has 0 bridgehead atoms. The maximum absolute atomic E-state index is 12.9. The number of thioether (sulfide) groups is 1. The van der Waals surface area contributed by atoms with Crippen LogP contribution in [-0.2, 0) is 9.53 Å². The molecule has 1 unspecified atom stereocenters. The highest BCUT2D eigenvalue weighted by Crippen LogP contribution is 2.21. The minimum atomic E-state index is -0.882. The molecular formula is C11H13F2NO2S. The summed E-state index contributed by atoms with van der Waals surface area (Å²) in [4.78, 5) is 11.6. The van der Waals surface area contributed by atoms with Gasteiger partial charge in [0.1, 0.15) is 6.04 Å². The zero-order chi connectivity index (χ0) is 12.8. The summed E-state index contributed by atoms with van der Waals surface area (Å²) in [5.41, 5.74) is 5.52. The molecule has 0 aliphatic heterocycles. The van der Waals surface area contributed by atoms with Gasteiger partial charge < -0.3 is 10.5 Å². The molecule has 0 radical (unpaired) electrons. The van der Waals surface area contributed by atoms with Gasteiger partial charge in [-0.05, 0) is 24.6 Å². The molecule has 0 heterocycles. The molecule has 1 rings (SSSR count). The molecule has 2 N–H and O–H groups in total. The Morgan fingerprint density at radius 1 is 1.47 bits per heavy atom. The molecule has 1 atom stereocenters. The lowest BCUT2D eigenvalue weighted by Gasteiger charge is -2.08. The van der Waals surface area contributed by atoms with Crippen LogP contribution >= 0.6 is 11.8 Å². The van der Waals surface area contributed by atoms with Crippen LogP contribution in [0.3, 0.4) is 0 Å². The van der Waals surface area contributed by atoms with E-state index in [0.717, 1.165) is 12.1 Å². The number of halogens is 2. The van der Waals surface area contributed by atoms with Crippen molar-refractivity contribution in [2.75, 3.05) is 12.9 Å². The quantitative estimate of drug-likeness (QED) is 0.650. The van der Waals surface area contributed by atoms with Crippen molar-refractivity contribution in [2.45, 2.75) is 17.4 Å². The van der Waals surface area contributed by atoms with Crippen molar-refractivity contribution in [3.05, 3.63) is 29.8 Å². The predicted molar refractivity (Wildman–Crippen MR) is 61.7 cm³/mol. The zero-order valence-electron chi connectivity index (χ0n) is 9.28. The number of nitrogens with two attached hydrogens (primary N) is 1. The zero-order valence-corrected chi connectivity index (χ0v) is 10.1. The van der Waals surface area contributed by atoms with Gasteiger partial charge in [0, 0.05) is 10.6 Å². The fraction of sp³-hybridized carbons (Fsp3) is 0.364. The first-order chi connectivity index (χ1) is 8.04. The van der Waals surface area contributed by atoms with Crippen molar-refractivity contribution < 1.29 is 18.3 Å². The monoisotopic (exact) mass is 261 g/mol. The van der Waals surface area contributed by atoms with Gasteiger partial charge in [0.05, 0.1) is 7.11 Å². The SMILES string of the molecule is COC(=O)C(N)CCSc1ccc(F)c(F)c1. The van der Waals surface area contributed by atoms with Crippen molar-refractivity contribution in [2.24, 2.45) is 5.73 Å². The molecule has 6 heteroatoms. The average Bonchev–Trinajstić information content (AvgIpc) is 2.32. The van der Waals surface area contributed by atoms with Crippen LogP contribution in [0.4, 0.5) is 8.78 Å². The number of methoxy groups -OCH3 is 1.